The molecule has 0 radical (unpaired) electrons. The van der Waals surface area contributed by atoms with E-state index in [4.69, 9.17) is 5.11 Å². The Labute approximate surface area is 148 Å². The molecule has 26 heavy (non-hydrogen) atoms. The van der Waals surface area contributed by atoms with E-state index in [0.29, 0.717) is 23.0 Å². The molecule has 6 nitrogen and oxygen atoms in total. The van der Waals surface area contributed by atoms with E-state index in [0.717, 1.165) is 22.2 Å². The molecule has 3 N–H and O–H groups in total. The number of aliphatic hydroxyl groups is 2. The number of nitrogens with one attached hydrogen (secondary N) is 1. The van der Waals surface area contributed by atoms with Crippen LogP contribution in [0.15, 0.2) is 43.0 Å². The summed E-state index contributed by atoms with van der Waals surface area (Å²) in [4.78, 5) is 15.9. The molecule has 0 bridgehead atoms. The van der Waals surface area contributed by atoms with Crippen molar-refractivity contribution in [3.8, 4) is 11.3 Å². The Morgan fingerprint density at radius 3 is 2.85 bits per heavy atom. The number of H-pyrrole nitrogens is 1. The Hall–Kier alpha value is -2.90. The Bertz CT molecular complexity index is 1070. The van der Waals surface area contributed by atoms with Crippen molar-refractivity contribution in [3.63, 3.8) is 0 Å². The second-order valence-corrected chi connectivity index (χ2v) is 6.17. The van der Waals surface area contributed by atoms with Gasteiger partial charge in [-0.1, -0.05) is 0 Å². The molecule has 0 saturated heterocycles. The average molecular weight is 352 g/mol. The number of aliphatic hydroxyl groups excluding tert-OH is 2. The minimum Gasteiger partial charge on any atom is -0.394 e. The fourth-order valence-electron chi connectivity index (χ4n) is 3.12. The summed E-state index contributed by atoms with van der Waals surface area (Å²) >= 11 is 0. The largest absolute Gasteiger partial charge is 0.394 e. The van der Waals surface area contributed by atoms with E-state index in [9.17, 15) is 9.50 Å². The fourth-order valence-corrected chi connectivity index (χ4v) is 3.12. The number of aromatic nitrogens is 4. The van der Waals surface area contributed by atoms with Crippen molar-refractivity contribution in [2.45, 2.75) is 18.9 Å². The standard InChI is InChI=1S/C19H17FN4O2/c20-15-8-23-19-18(13(15)4-3-12(26)10-25)14-6-16(22-9-17(14)24-19)11-2-1-5-21-7-11/h1-2,5-9,12,25-26H,3-4,10H2,(H,23,24). The van der Waals surface area contributed by atoms with Crippen LogP contribution in [0.25, 0.3) is 33.2 Å². The molecule has 4 aromatic heterocycles. The number of rotatable bonds is 5. The summed E-state index contributed by atoms with van der Waals surface area (Å²) in [5.74, 6) is -0.428. The number of pyridine rings is 3. The normalized spacial score (nSPS) is 12.7. The first-order valence-corrected chi connectivity index (χ1v) is 8.31. The molecule has 0 fully saturated rings. The summed E-state index contributed by atoms with van der Waals surface area (Å²) in [5, 5.41) is 20.1. The highest BCUT2D eigenvalue weighted by Crippen LogP contribution is 2.31. The van der Waals surface area contributed by atoms with Crippen LogP contribution >= 0.6 is 0 Å². The van der Waals surface area contributed by atoms with Crippen molar-refractivity contribution in [3.05, 3.63) is 54.4 Å². The molecule has 1 atom stereocenters. The van der Waals surface area contributed by atoms with E-state index >= 15 is 0 Å². The van der Waals surface area contributed by atoms with E-state index < -0.39 is 11.9 Å². The molecule has 132 valence electrons. The number of hydrogen-bond acceptors (Lipinski definition) is 5. The summed E-state index contributed by atoms with van der Waals surface area (Å²) in [6.07, 6.45) is 5.97. The number of nitrogens with zero attached hydrogens (tertiary/aromatic N) is 3. The second kappa shape index (κ2) is 6.78. The number of halogens is 1. The molecule has 0 spiro atoms. The first-order valence-electron chi connectivity index (χ1n) is 8.31. The maximum Gasteiger partial charge on any atom is 0.145 e. The zero-order chi connectivity index (χ0) is 18.1. The average Bonchev–Trinajstić information content (AvgIpc) is 3.05. The molecular weight excluding hydrogens is 335 g/mol. The van der Waals surface area contributed by atoms with E-state index in [1.165, 1.54) is 6.20 Å². The molecule has 0 aliphatic heterocycles. The minimum absolute atomic E-state index is 0.264. The Balaban J connectivity index is 1.89. The van der Waals surface area contributed by atoms with E-state index in [1.807, 2.05) is 18.2 Å². The first kappa shape index (κ1) is 16.6. The predicted molar refractivity (Wildman–Crippen MR) is 96.0 cm³/mol. The first-order chi connectivity index (χ1) is 12.7. The van der Waals surface area contributed by atoms with Crippen LogP contribution in [0.2, 0.25) is 0 Å². The molecule has 7 heteroatoms. The fraction of sp³-hybridized carbons (Fsp3) is 0.211. The van der Waals surface area contributed by atoms with Gasteiger partial charge in [0.1, 0.15) is 11.5 Å². The van der Waals surface area contributed by atoms with Gasteiger partial charge in [-0.15, -0.1) is 0 Å². The zero-order valence-electron chi connectivity index (χ0n) is 13.9. The molecule has 4 heterocycles. The van der Waals surface area contributed by atoms with Gasteiger partial charge in [-0.05, 0) is 31.0 Å². The van der Waals surface area contributed by atoms with Crippen LogP contribution in [0, 0.1) is 5.82 Å². The molecule has 1 unspecified atom stereocenters. The quantitative estimate of drug-likeness (QED) is 0.513. The summed E-state index contributed by atoms with van der Waals surface area (Å²) < 4.78 is 14.5. The summed E-state index contributed by atoms with van der Waals surface area (Å²) in [6.45, 7) is -0.348. The van der Waals surface area contributed by atoms with Gasteiger partial charge in [0.15, 0.2) is 0 Å². The maximum atomic E-state index is 14.5. The summed E-state index contributed by atoms with van der Waals surface area (Å²) in [7, 11) is 0. The molecule has 0 aliphatic carbocycles. The lowest BCUT2D eigenvalue weighted by atomic mass is 10.0. The van der Waals surface area contributed by atoms with E-state index in [2.05, 4.69) is 19.9 Å². The van der Waals surface area contributed by atoms with Crippen molar-refractivity contribution in [1.29, 1.82) is 0 Å². The monoisotopic (exact) mass is 352 g/mol. The van der Waals surface area contributed by atoms with Crippen LogP contribution in [-0.4, -0.2) is 42.9 Å². The number of aryl methyl sites for hydroxylation is 1. The molecule has 0 amide bonds. The summed E-state index contributed by atoms with van der Waals surface area (Å²) in [6, 6.07) is 5.63. The van der Waals surface area contributed by atoms with Gasteiger partial charge in [0.25, 0.3) is 0 Å². The van der Waals surface area contributed by atoms with Gasteiger partial charge >= 0.3 is 0 Å². The highest BCUT2D eigenvalue weighted by molar-refractivity contribution is 6.08. The van der Waals surface area contributed by atoms with E-state index in [1.54, 1.807) is 18.6 Å². The molecule has 0 saturated carbocycles. The smallest absolute Gasteiger partial charge is 0.145 e. The molecule has 4 rings (SSSR count). The zero-order valence-corrected chi connectivity index (χ0v) is 13.9. The Morgan fingerprint density at radius 1 is 1.19 bits per heavy atom. The lowest BCUT2D eigenvalue weighted by Gasteiger charge is -2.09. The summed E-state index contributed by atoms with van der Waals surface area (Å²) in [5.41, 5.74) is 3.40. The number of hydrogen-bond donors (Lipinski definition) is 3. The van der Waals surface area contributed by atoms with Gasteiger partial charge < -0.3 is 15.2 Å². The van der Waals surface area contributed by atoms with Crippen molar-refractivity contribution < 1.29 is 14.6 Å². The number of aromatic amines is 1. The Morgan fingerprint density at radius 2 is 2.08 bits per heavy atom. The van der Waals surface area contributed by atoms with Crippen LogP contribution in [0.5, 0.6) is 0 Å². The highest BCUT2D eigenvalue weighted by atomic mass is 19.1. The van der Waals surface area contributed by atoms with Gasteiger partial charge in [-0.25, -0.2) is 9.37 Å². The molecular formula is C19H17FN4O2. The Kier molecular flexibility index (Phi) is 4.32. The van der Waals surface area contributed by atoms with E-state index in [-0.39, 0.29) is 13.0 Å². The molecule has 4 aromatic rings. The third kappa shape index (κ3) is 2.91. The van der Waals surface area contributed by atoms with Crippen LogP contribution < -0.4 is 0 Å². The maximum absolute atomic E-state index is 14.5. The van der Waals surface area contributed by atoms with Crippen LogP contribution in [0.3, 0.4) is 0 Å². The van der Waals surface area contributed by atoms with Gasteiger partial charge in [0.05, 0.1) is 36.3 Å². The predicted octanol–water partition coefficient (Wildman–Crippen LogP) is 2.60. The van der Waals surface area contributed by atoms with Crippen LogP contribution in [-0.2, 0) is 6.42 Å². The highest BCUT2D eigenvalue weighted by Gasteiger charge is 2.16. The van der Waals surface area contributed by atoms with Crippen molar-refractivity contribution >= 4 is 21.9 Å². The van der Waals surface area contributed by atoms with Gasteiger partial charge in [0.2, 0.25) is 0 Å². The minimum atomic E-state index is -0.879. The SMILES string of the molecule is OCC(O)CCc1c(F)cnc2[nH]c3cnc(-c4cccnc4)cc3c12. The lowest BCUT2D eigenvalue weighted by Crippen LogP contribution is -2.13. The van der Waals surface area contributed by atoms with Gasteiger partial charge in [-0.2, -0.15) is 0 Å². The molecule has 0 aromatic carbocycles. The number of fused-ring (bicyclic) bond motifs is 3. The van der Waals surface area contributed by atoms with Crippen LogP contribution in [0.4, 0.5) is 4.39 Å². The van der Waals surface area contributed by atoms with Crippen molar-refractivity contribution in [1.82, 2.24) is 19.9 Å². The van der Waals surface area contributed by atoms with Crippen LogP contribution in [0.1, 0.15) is 12.0 Å². The third-order valence-corrected chi connectivity index (χ3v) is 4.46. The van der Waals surface area contributed by atoms with Crippen molar-refractivity contribution in [2.75, 3.05) is 6.61 Å². The third-order valence-electron chi connectivity index (χ3n) is 4.46. The van der Waals surface area contributed by atoms with Gasteiger partial charge in [0, 0.05) is 34.3 Å². The second-order valence-electron chi connectivity index (χ2n) is 6.17. The lowest BCUT2D eigenvalue weighted by molar-refractivity contribution is 0.0885. The molecule has 0 aliphatic rings. The van der Waals surface area contributed by atoms with Crippen molar-refractivity contribution in [2.24, 2.45) is 0 Å². The van der Waals surface area contributed by atoms with Gasteiger partial charge in [-0.3, -0.25) is 9.97 Å². The topological polar surface area (TPSA) is 94.9 Å².